The summed E-state index contributed by atoms with van der Waals surface area (Å²) in [5, 5.41) is 0. The molecule has 2 saturated heterocycles. The highest BCUT2D eigenvalue weighted by Gasteiger charge is 2.31. The average molecular weight is 410 g/mol. The zero-order chi connectivity index (χ0) is 20.8. The fraction of sp³-hybridized carbons (Fsp3) is 0.480. The molecule has 0 radical (unpaired) electrons. The van der Waals surface area contributed by atoms with Gasteiger partial charge < -0.3 is 4.90 Å². The summed E-state index contributed by atoms with van der Waals surface area (Å²) in [6, 6.07) is 17.4. The Morgan fingerprint density at radius 1 is 0.900 bits per heavy atom. The number of halogens is 1. The summed E-state index contributed by atoms with van der Waals surface area (Å²) in [7, 11) is 0. The van der Waals surface area contributed by atoms with Crippen molar-refractivity contribution in [2.24, 2.45) is 5.92 Å². The van der Waals surface area contributed by atoms with Crippen molar-refractivity contribution in [1.29, 1.82) is 0 Å². The molecule has 0 bridgehead atoms. The Labute approximate surface area is 179 Å². The van der Waals surface area contributed by atoms with Crippen molar-refractivity contribution in [2.75, 3.05) is 45.8 Å². The maximum atomic E-state index is 13.5. The van der Waals surface area contributed by atoms with E-state index in [-0.39, 0.29) is 11.7 Å². The molecule has 2 fully saturated rings. The summed E-state index contributed by atoms with van der Waals surface area (Å²) in [6.45, 7) is 7.10. The van der Waals surface area contributed by atoms with Gasteiger partial charge in [-0.3, -0.25) is 14.6 Å². The molecule has 2 aromatic carbocycles. The predicted octanol–water partition coefficient (Wildman–Crippen LogP) is 3.42. The SMILES string of the molecule is O=C(C1CCCN(Cc2cccc(F)c2)C1)N1CCN(CCc2ccccc2)CC1. The normalized spacial score (nSPS) is 21.0. The molecule has 4 rings (SSSR count). The van der Waals surface area contributed by atoms with Crippen LogP contribution < -0.4 is 0 Å². The lowest BCUT2D eigenvalue weighted by Gasteiger charge is -2.39. The number of amides is 1. The number of piperidine rings is 1. The third kappa shape index (κ3) is 5.67. The maximum absolute atomic E-state index is 13.5. The van der Waals surface area contributed by atoms with Crippen LogP contribution in [-0.4, -0.2) is 66.4 Å². The molecule has 5 heteroatoms. The minimum atomic E-state index is -0.192. The van der Waals surface area contributed by atoms with E-state index in [0.717, 1.165) is 77.2 Å². The van der Waals surface area contributed by atoms with E-state index in [0.29, 0.717) is 5.91 Å². The topological polar surface area (TPSA) is 26.8 Å². The Morgan fingerprint density at radius 3 is 2.43 bits per heavy atom. The van der Waals surface area contributed by atoms with E-state index in [2.05, 4.69) is 45.0 Å². The van der Waals surface area contributed by atoms with Gasteiger partial charge in [-0.15, -0.1) is 0 Å². The van der Waals surface area contributed by atoms with Crippen LogP contribution in [0, 0.1) is 11.7 Å². The Morgan fingerprint density at radius 2 is 1.67 bits per heavy atom. The highest BCUT2D eigenvalue weighted by atomic mass is 19.1. The van der Waals surface area contributed by atoms with E-state index < -0.39 is 0 Å². The van der Waals surface area contributed by atoms with E-state index in [1.54, 1.807) is 12.1 Å². The molecular formula is C25H32FN3O. The van der Waals surface area contributed by atoms with E-state index >= 15 is 0 Å². The van der Waals surface area contributed by atoms with Crippen LogP contribution in [0.2, 0.25) is 0 Å². The highest BCUT2D eigenvalue weighted by Crippen LogP contribution is 2.22. The van der Waals surface area contributed by atoms with Gasteiger partial charge in [-0.25, -0.2) is 4.39 Å². The molecule has 0 spiro atoms. The zero-order valence-corrected chi connectivity index (χ0v) is 17.7. The van der Waals surface area contributed by atoms with Crippen molar-refractivity contribution in [3.63, 3.8) is 0 Å². The summed E-state index contributed by atoms with van der Waals surface area (Å²) in [5.74, 6) is 0.187. The van der Waals surface area contributed by atoms with Gasteiger partial charge in [-0.05, 0) is 49.1 Å². The molecule has 1 atom stereocenters. The minimum Gasteiger partial charge on any atom is -0.340 e. The first-order chi connectivity index (χ1) is 14.7. The van der Waals surface area contributed by atoms with Crippen molar-refractivity contribution in [1.82, 2.24) is 14.7 Å². The third-order valence-electron chi connectivity index (χ3n) is 6.39. The Kier molecular flexibility index (Phi) is 7.13. The summed E-state index contributed by atoms with van der Waals surface area (Å²) in [5.41, 5.74) is 2.35. The fourth-order valence-corrected chi connectivity index (χ4v) is 4.68. The quantitative estimate of drug-likeness (QED) is 0.731. The molecule has 2 aliphatic rings. The van der Waals surface area contributed by atoms with E-state index in [1.807, 2.05) is 6.07 Å². The van der Waals surface area contributed by atoms with Crippen molar-refractivity contribution < 1.29 is 9.18 Å². The lowest BCUT2D eigenvalue weighted by Crippen LogP contribution is -2.52. The molecule has 2 heterocycles. The molecule has 4 nitrogen and oxygen atoms in total. The monoisotopic (exact) mass is 409 g/mol. The number of carbonyl (C=O) groups is 1. The van der Waals surface area contributed by atoms with E-state index in [1.165, 1.54) is 11.6 Å². The van der Waals surface area contributed by atoms with Crippen molar-refractivity contribution >= 4 is 5.91 Å². The molecule has 2 aliphatic heterocycles. The first-order valence-corrected chi connectivity index (χ1v) is 11.2. The second-order valence-electron chi connectivity index (χ2n) is 8.61. The number of rotatable bonds is 6. The summed E-state index contributed by atoms with van der Waals surface area (Å²) in [6.07, 6.45) is 3.06. The van der Waals surface area contributed by atoms with Gasteiger partial charge in [0.2, 0.25) is 5.91 Å². The zero-order valence-electron chi connectivity index (χ0n) is 17.7. The standard InChI is InChI=1S/C25H32FN3O/c26-24-10-4-8-22(18-24)19-28-12-5-9-23(20-28)25(30)29-16-14-27(15-17-29)13-11-21-6-2-1-3-7-21/h1-4,6-8,10,18,23H,5,9,11-17,19-20H2. The van der Waals surface area contributed by atoms with Gasteiger partial charge in [-0.1, -0.05) is 42.5 Å². The third-order valence-corrected chi connectivity index (χ3v) is 6.39. The molecule has 0 N–H and O–H groups in total. The van der Waals surface area contributed by atoms with Crippen molar-refractivity contribution in [3.8, 4) is 0 Å². The summed E-state index contributed by atoms with van der Waals surface area (Å²) >= 11 is 0. The van der Waals surface area contributed by atoms with Gasteiger partial charge >= 0.3 is 0 Å². The van der Waals surface area contributed by atoms with Gasteiger partial charge in [0, 0.05) is 45.8 Å². The second-order valence-corrected chi connectivity index (χ2v) is 8.61. The second kappa shape index (κ2) is 10.2. The Bertz CT molecular complexity index is 820. The molecular weight excluding hydrogens is 377 g/mol. The number of hydrogen-bond donors (Lipinski definition) is 0. The summed E-state index contributed by atoms with van der Waals surface area (Å²) < 4.78 is 13.5. The molecule has 0 aliphatic carbocycles. The molecule has 2 aromatic rings. The number of likely N-dealkylation sites (tertiary alicyclic amines) is 1. The van der Waals surface area contributed by atoms with Gasteiger partial charge in [0.15, 0.2) is 0 Å². The number of piperazine rings is 1. The van der Waals surface area contributed by atoms with Gasteiger partial charge in [-0.2, -0.15) is 0 Å². The van der Waals surface area contributed by atoms with Crippen LogP contribution in [-0.2, 0) is 17.8 Å². The molecule has 1 amide bonds. The predicted molar refractivity (Wildman–Crippen MR) is 118 cm³/mol. The molecule has 0 aromatic heterocycles. The van der Waals surface area contributed by atoms with Crippen LogP contribution in [0.1, 0.15) is 24.0 Å². The lowest BCUT2D eigenvalue weighted by atomic mass is 9.95. The van der Waals surface area contributed by atoms with Crippen molar-refractivity contribution in [2.45, 2.75) is 25.8 Å². The van der Waals surface area contributed by atoms with E-state index in [4.69, 9.17) is 0 Å². The average Bonchev–Trinajstić information content (AvgIpc) is 2.78. The van der Waals surface area contributed by atoms with Gasteiger partial charge in [0.1, 0.15) is 5.82 Å². The molecule has 0 saturated carbocycles. The summed E-state index contributed by atoms with van der Waals surface area (Å²) in [4.78, 5) is 19.9. The lowest BCUT2D eigenvalue weighted by molar-refractivity contribution is -0.139. The smallest absolute Gasteiger partial charge is 0.227 e. The van der Waals surface area contributed by atoms with Crippen LogP contribution >= 0.6 is 0 Å². The Balaban J connectivity index is 1.23. The first kappa shape index (κ1) is 21.0. The first-order valence-electron chi connectivity index (χ1n) is 11.2. The van der Waals surface area contributed by atoms with Crippen molar-refractivity contribution in [3.05, 3.63) is 71.5 Å². The number of nitrogens with zero attached hydrogens (tertiary/aromatic N) is 3. The van der Waals surface area contributed by atoms with Gasteiger partial charge in [0.25, 0.3) is 0 Å². The van der Waals surface area contributed by atoms with E-state index in [9.17, 15) is 9.18 Å². The van der Waals surface area contributed by atoms with Crippen LogP contribution in [0.5, 0.6) is 0 Å². The molecule has 160 valence electrons. The fourth-order valence-electron chi connectivity index (χ4n) is 4.68. The van der Waals surface area contributed by atoms with Crippen LogP contribution in [0.3, 0.4) is 0 Å². The van der Waals surface area contributed by atoms with Crippen LogP contribution in [0.15, 0.2) is 54.6 Å². The maximum Gasteiger partial charge on any atom is 0.227 e. The number of benzene rings is 2. The highest BCUT2D eigenvalue weighted by molar-refractivity contribution is 5.79. The van der Waals surface area contributed by atoms with Crippen LogP contribution in [0.25, 0.3) is 0 Å². The molecule has 1 unspecified atom stereocenters. The Hall–Kier alpha value is -2.24. The largest absolute Gasteiger partial charge is 0.340 e. The molecule has 30 heavy (non-hydrogen) atoms. The van der Waals surface area contributed by atoms with Crippen LogP contribution in [0.4, 0.5) is 4.39 Å². The number of carbonyl (C=O) groups excluding carboxylic acids is 1. The van der Waals surface area contributed by atoms with Gasteiger partial charge in [0.05, 0.1) is 5.92 Å². The number of hydrogen-bond acceptors (Lipinski definition) is 3. The minimum absolute atomic E-state index is 0.0724.